The number of hydrogen-bond acceptors (Lipinski definition) is 3. The van der Waals surface area contributed by atoms with E-state index >= 15 is 0 Å². The Hall–Kier alpha value is -0.480. The number of ether oxygens (including phenoxy) is 1. The molecule has 2 nitrogen and oxygen atoms in total. The van der Waals surface area contributed by atoms with E-state index in [-0.39, 0.29) is 11.7 Å². The van der Waals surface area contributed by atoms with Crippen molar-refractivity contribution in [2.24, 2.45) is 0 Å². The number of esters is 1. The third-order valence-electron chi connectivity index (χ3n) is 1.07. The van der Waals surface area contributed by atoms with Gasteiger partial charge in [-0.3, -0.25) is 4.79 Å². The summed E-state index contributed by atoms with van der Waals surface area (Å²) < 4.78 is 4.80. The molecule has 0 aliphatic carbocycles. The van der Waals surface area contributed by atoms with E-state index in [2.05, 4.69) is 12.6 Å². The van der Waals surface area contributed by atoms with Crippen LogP contribution in [-0.4, -0.2) is 11.7 Å². The third kappa shape index (κ3) is 2.95. The molecule has 0 N–H and O–H groups in total. The van der Waals surface area contributed by atoms with Crippen LogP contribution in [0.25, 0.3) is 0 Å². The van der Waals surface area contributed by atoms with Gasteiger partial charge in [0.2, 0.25) is 0 Å². The molecule has 4 heteroatoms. The predicted octanol–water partition coefficient (Wildman–Crippen LogP) is 1.99. The van der Waals surface area contributed by atoms with Crippen LogP contribution in [0.5, 0.6) is 0 Å². The molecule has 0 atom stereocenters. The molecule has 0 bridgehead atoms. The fourth-order valence-corrected chi connectivity index (χ4v) is 1.29. The van der Waals surface area contributed by atoms with E-state index in [0.29, 0.717) is 6.61 Å². The van der Waals surface area contributed by atoms with Crippen molar-refractivity contribution in [2.75, 3.05) is 5.75 Å². The predicted molar refractivity (Wildman–Crippen MR) is 46.6 cm³/mol. The quantitative estimate of drug-likeness (QED) is 0.676. The molecule has 1 aromatic heterocycles. The normalized spacial score (nSPS) is 9.55. The molecule has 0 fully saturated rings. The van der Waals surface area contributed by atoms with Crippen molar-refractivity contribution in [3.05, 3.63) is 22.4 Å². The molecule has 1 rings (SSSR count). The van der Waals surface area contributed by atoms with Gasteiger partial charge in [-0.2, -0.15) is 0 Å². The molecule has 1 aromatic rings. The highest BCUT2D eigenvalue weighted by molar-refractivity contribution is 7.81. The van der Waals surface area contributed by atoms with Crippen LogP contribution in [-0.2, 0) is 16.1 Å². The molecular formula is C7H7O2S2. The summed E-state index contributed by atoms with van der Waals surface area (Å²) in [7, 11) is 0. The molecule has 0 saturated heterocycles. The first-order valence-corrected chi connectivity index (χ1v) is 4.54. The van der Waals surface area contributed by atoms with E-state index in [0.717, 1.165) is 4.88 Å². The van der Waals surface area contributed by atoms with Gasteiger partial charge < -0.3 is 4.74 Å². The molecule has 0 aliphatic heterocycles. The van der Waals surface area contributed by atoms with Crippen LogP contribution < -0.4 is 0 Å². The van der Waals surface area contributed by atoms with Gasteiger partial charge >= 0.3 is 5.97 Å². The van der Waals surface area contributed by atoms with E-state index in [4.69, 9.17) is 4.74 Å². The highest BCUT2D eigenvalue weighted by Crippen LogP contribution is 2.09. The second-order valence-corrected chi connectivity index (χ2v) is 3.21. The third-order valence-corrected chi connectivity index (χ3v) is 2.16. The van der Waals surface area contributed by atoms with Gasteiger partial charge in [-0.1, -0.05) is 18.7 Å². The van der Waals surface area contributed by atoms with E-state index in [9.17, 15) is 4.79 Å². The summed E-state index contributed by atoms with van der Waals surface area (Å²) >= 11 is 6.06. The van der Waals surface area contributed by atoms with Gasteiger partial charge in [-0.05, 0) is 11.4 Å². The summed E-state index contributed by atoms with van der Waals surface area (Å²) in [6.07, 6.45) is 0. The van der Waals surface area contributed by atoms with Crippen molar-refractivity contribution in [2.45, 2.75) is 6.61 Å². The van der Waals surface area contributed by atoms with E-state index in [1.165, 1.54) is 0 Å². The Labute approximate surface area is 74.6 Å². The second kappa shape index (κ2) is 4.41. The van der Waals surface area contributed by atoms with Crippen LogP contribution in [0, 0.1) is 0 Å². The van der Waals surface area contributed by atoms with Crippen LogP contribution in [0.3, 0.4) is 0 Å². The Morgan fingerprint density at radius 1 is 1.73 bits per heavy atom. The van der Waals surface area contributed by atoms with Gasteiger partial charge in [0, 0.05) is 4.88 Å². The molecule has 11 heavy (non-hydrogen) atoms. The average molecular weight is 187 g/mol. The minimum absolute atomic E-state index is 0.0331. The number of hydrogen-bond donors (Lipinski definition) is 0. The topological polar surface area (TPSA) is 26.3 Å². The zero-order valence-corrected chi connectivity index (χ0v) is 7.41. The Morgan fingerprint density at radius 2 is 2.55 bits per heavy atom. The van der Waals surface area contributed by atoms with E-state index in [1.807, 2.05) is 17.5 Å². The molecule has 0 aliphatic rings. The fourth-order valence-electron chi connectivity index (χ4n) is 0.588. The van der Waals surface area contributed by atoms with Gasteiger partial charge in [0.1, 0.15) is 12.4 Å². The van der Waals surface area contributed by atoms with E-state index < -0.39 is 0 Å². The molecule has 1 heterocycles. The molecule has 0 aromatic carbocycles. The largest absolute Gasteiger partial charge is 0.459 e. The highest BCUT2D eigenvalue weighted by atomic mass is 32.1. The van der Waals surface area contributed by atoms with Gasteiger partial charge in [0.25, 0.3) is 0 Å². The molecule has 0 unspecified atom stereocenters. The van der Waals surface area contributed by atoms with Crippen molar-refractivity contribution >= 4 is 29.9 Å². The first kappa shape index (κ1) is 8.62. The van der Waals surface area contributed by atoms with Gasteiger partial charge in [-0.25, -0.2) is 0 Å². The summed E-state index contributed by atoms with van der Waals surface area (Å²) in [4.78, 5) is 11.6. The number of thiophene rings is 1. The van der Waals surface area contributed by atoms with Crippen molar-refractivity contribution in [3.63, 3.8) is 0 Å². The zero-order valence-electron chi connectivity index (χ0n) is 5.78. The number of rotatable bonds is 3. The minimum atomic E-state index is -0.326. The lowest BCUT2D eigenvalue weighted by molar-refractivity contribution is -0.141. The monoisotopic (exact) mass is 187 g/mol. The standard InChI is InChI=1S/C7H7O2S2/c8-7(5-10)9-4-6-2-1-3-11-6/h1-3H,4-5H2. The molecule has 0 amide bonds. The van der Waals surface area contributed by atoms with Crippen LogP contribution in [0.15, 0.2) is 17.5 Å². The summed E-state index contributed by atoms with van der Waals surface area (Å²) in [5.41, 5.74) is 0. The first-order valence-electron chi connectivity index (χ1n) is 3.09. The Balaban J connectivity index is 2.29. The van der Waals surface area contributed by atoms with Crippen LogP contribution in [0.2, 0.25) is 0 Å². The Bertz CT molecular complexity index is 218. The van der Waals surface area contributed by atoms with Gasteiger partial charge in [-0.15, -0.1) is 11.3 Å². The highest BCUT2D eigenvalue weighted by Gasteiger charge is 1.99. The minimum Gasteiger partial charge on any atom is -0.459 e. The second-order valence-electron chi connectivity index (χ2n) is 1.88. The van der Waals surface area contributed by atoms with Crippen LogP contribution >= 0.6 is 24.0 Å². The fraction of sp³-hybridized carbons (Fsp3) is 0.286. The summed E-state index contributed by atoms with van der Waals surface area (Å²) in [5.74, 6) is -0.292. The molecule has 59 valence electrons. The first-order chi connectivity index (χ1) is 5.33. The Kier molecular flexibility index (Phi) is 3.45. The molecule has 1 radical (unpaired) electrons. The summed E-state index contributed by atoms with van der Waals surface area (Å²) in [5, 5.41) is 1.94. The van der Waals surface area contributed by atoms with Crippen molar-refractivity contribution in [1.82, 2.24) is 0 Å². The molecular weight excluding hydrogens is 180 g/mol. The van der Waals surface area contributed by atoms with Gasteiger partial charge in [0.05, 0.1) is 0 Å². The average Bonchev–Trinajstić information content (AvgIpc) is 2.52. The van der Waals surface area contributed by atoms with Gasteiger partial charge in [0.15, 0.2) is 0 Å². The zero-order chi connectivity index (χ0) is 8.10. The van der Waals surface area contributed by atoms with Crippen molar-refractivity contribution < 1.29 is 9.53 Å². The van der Waals surface area contributed by atoms with E-state index in [1.54, 1.807) is 11.3 Å². The number of carbonyl (C=O) groups excluding carboxylic acids is 1. The van der Waals surface area contributed by atoms with Crippen LogP contribution in [0.1, 0.15) is 4.88 Å². The maximum absolute atomic E-state index is 10.6. The lowest BCUT2D eigenvalue weighted by Crippen LogP contribution is -2.04. The maximum atomic E-state index is 10.6. The molecule has 0 saturated carbocycles. The summed E-state index contributed by atoms with van der Waals surface area (Å²) in [6, 6.07) is 3.84. The summed E-state index contributed by atoms with van der Waals surface area (Å²) in [6.45, 7) is 0.354. The van der Waals surface area contributed by atoms with Crippen molar-refractivity contribution in [3.8, 4) is 0 Å². The van der Waals surface area contributed by atoms with Crippen LogP contribution in [0.4, 0.5) is 0 Å². The number of carbonyl (C=O) groups is 1. The molecule has 0 spiro atoms. The Morgan fingerprint density at radius 3 is 3.09 bits per heavy atom. The van der Waals surface area contributed by atoms with Crippen molar-refractivity contribution in [1.29, 1.82) is 0 Å². The SMILES string of the molecule is O=C(C[S])OCc1cccs1. The smallest absolute Gasteiger partial charge is 0.317 e. The lowest BCUT2D eigenvalue weighted by atomic mass is 10.5. The maximum Gasteiger partial charge on any atom is 0.317 e. The lowest BCUT2D eigenvalue weighted by Gasteiger charge is -1.98.